The van der Waals surface area contributed by atoms with Gasteiger partial charge in [-0.1, -0.05) is 17.7 Å². The van der Waals surface area contributed by atoms with E-state index >= 15 is 0 Å². The fourth-order valence-electron chi connectivity index (χ4n) is 1.93. The Bertz CT molecular complexity index is 892. The van der Waals surface area contributed by atoms with Gasteiger partial charge < -0.3 is 10.3 Å². The number of rotatable bonds is 4. The predicted octanol–water partition coefficient (Wildman–Crippen LogP) is 2.48. The van der Waals surface area contributed by atoms with Crippen molar-refractivity contribution in [2.45, 2.75) is 6.54 Å². The minimum atomic E-state index is -0.588. The van der Waals surface area contributed by atoms with E-state index in [-0.39, 0.29) is 12.2 Å². The van der Waals surface area contributed by atoms with Gasteiger partial charge in [0.1, 0.15) is 5.69 Å². The van der Waals surface area contributed by atoms with Crippen LogP contribution in [0.2, 0.25) is 4.34 Å². The molecule has 3 rings (SSSR count). The van der Waals surface area contributed by atoms with Gasteiger partial charge in [0.15, 0.2) is 0 Å². The maximum atomic E-state index is 12.2. The molecule has 0 bridgehead atoms. The van der Waals surface area contributed by atoms with E-state index < -0.39 is 11.6 Å². The van der Waals surface area contributed by atoms with Crippen LogP contribution in [-0.2, 0) is 6.54 Å². The average molecular weight is 347 g/mol. The van der Waals surface area contributed by atoms with E-state index in [1.807, 2.05) is 6.07 Å². The molecule has 3 heterocycles. The number of hydrogen-bond donors (Lipinski definition) is 2. The molecular weight excluding hydrogens is 336 g/mol. The summed E-state index contributed by atoms with van der Waals surface area (Å²) >= 11 is 7.20. The van der Waals surface area contributed by atoms with E-state index in [1.54, 1.807) is 30.5 Å². The molecule has 6 nitrogen and oxygen atoms in total. The molecule has 0 fully saturated rings. The summed E-state index contributed by atoms with van der Waals surface area (Å²) in [5.74, 6) is -0.439. The molecule has 2 N–H and O–H groups in total. The Balaban J connectivity index is 1.80. The van der Waals surface area contributed by atoms with Crippen LogP contribution in [0.1, 0.15) is 16.2 Å². The standard InChI is InChI=1S/C15H11ClN4O2S/c16-13-5-4-12(23-13)10-7-11(20-15(22)19-10)14(21)18-8-9-3-1-2-6-17-9/h1-7H,8H2,(H,18,21)(H,19,20,22). The Labute approximate surface area is 140 Å². The molecule has 0 saturated heterocycles. The van der Waals surface area contributed by atoms with E-state index in [0.717, 1.165) is 10.6 Å². The average Bonchev–Trinajstić information content (AvgIpc) is 2.99. The van der Waals surface area contributed by atoms with Crippen molar-refractivity contribution in [3.05, 3.63) is 68.8 Å². The van der Waals surface area contributed by atoms with Gasteiger partial charge in [0.25, 0.3) is 5.91 Å². The van der Waals surface area contributed by atoms with Crippen LogP contribution >= 0.6 is 22.9 Å². The van der Waals surface area contributed by atoms with E-state index in [2.05, 4.69) is 20.3 Å². The number of nitrogens with zero attached hydrogens (tertiary/aromatic N) is 2. The highest BCUT2D eigenvalue weighted by molar-refractivity contribution is 7.19. The number of H-pyrrole nitrogens is 1. The van der Waals surface area contributed by atoms with Crippen LogP contribution in [0.3, 0.4) is 0 Å². The number of pyridine rings is 1. The highest BCUT2D eigenvalue weighted by Gasteiger charge is 2.12. The summed E-state index contributed by atoms with van der Waals surface area (Å²) in [6, 6.07) is 10.4. The molecule has 0 aliphatic carbocycles. The lowest BCUT2D eigenvalue weighted by atomic mass is 10.2. The summed E-state index contributed by atoms with van der Waals surface area (Å²) in [6.45, 7) is 0.258. The Hall–Kier alpha value is -2.51. The highest BCUT2D eigenvalue weighted by atomic mass is 35.5. The summed E-state index contributed by atoms with van der Waals surface area (Å²) in [5.41, 5.74) is 0.681. The van der Waals surface area contributed by atoms with Gasteiger partial charge in [-0.2, -0.15) is 4.98 Å². The van der Waals surface area contributed by atoms with Crippen molar-refractivity contribution in [3.63, 3.8) is 0 Å². The summed E-state index contributed by atoms with van der Waals surface area (Å²) < 4.78 is 0.596. The van der Waals surface area contributed by atoms with Crippen molar-refractivity contribution in [2.75, 3.05) is 0 Å². The minimum Gasteiger partial charge on any atom is -0.345 e. The smallest absolute Gasteiger partial charge is 0.345 e. The maximum Gasteiger partial charge on any atom is 0.346 e. The van der Waals surface area contributed by atoms with Gasteiger partial charge in [0, 0.05) is 6.20 Å². The summed E-state index contributed by atoms with van der Waals surface area (Å²) in [6.07, 6.45) is 1.64. The third-order valence-electron chi connectivity index (χ3n) is 2.97. The van der Waals surface area contributed by atoms with Gasteiger partial charge in [-0.15, -0.1) is 11.3 Å². The number of hydrogen-bond acceptors (Lipinski definition) is 5. The Morgan fingerprint density at radius 2 is 2.17 bits per heavy atom. The van der Waals surface area contributed by atoms with E-state index in [9.17, 15) is 9.59 Å². The SMILES string of the molecule is O=C(NCc1ccccn1)c1cc(-c2ccc(Cl)s2)[nH]c(=O)n1. The molecule has 23 heavy (non-hydrogen) atoms. The third kappa shape index (κ3) is 3.82. The summed E-state index contributed by atoms with van der Waals surface area (Å²) in [5, 5.41) is 2.69. The lowest BCUT2D eigenvalue weighted by Gasteiger charge is -2.05. The topological polar surface area (TPSA) is 87.7 Å². The quantitative estimate of drug-likeness (QED) is 0.759. The van der Waals surface area contributed by atoms with Gasteiger partial charge in [-0.3, -0.25) is 9.78 Å². The van der Waals surface area contributed by atoms with Gasteiger partial charge in [-0.25, -0.2) is 4.79 Å². The fraction of sp³-hybridized carbons (Fsp3) is 0.0667. The van der Waals surface area contributed by atoms with Crippen LogP contribution in [0.4, 0.5) is 0 Å². The molecule has 3 aromatic heterocycles. The van der Waals surface area contributed by atoms with Crippen LogP contribution in [0.5, 0.6) is 0 Å². The normalized spacial score (nSPS) is 10.5. The van der Waals surface area contributed by atoms with Crippen molar-refractivity contribution < 1.29 is 4.79 Å². The van der Waals surface area contributed by atoms with Gasteiger partial charge in [0.05, 0.1) is 27.1 Å². The second-order valence-corrected chi connectivity index (χ2v) is 6.31. The minimum absolute atomic E-state index is 0.0456. The maximum absolute atomic E-state index is 12.2. The van der Waals surface area contributed by atoms with Gasteiger partial charge >= 0.3 is 5.69 Å². The van der Waals surface area contributed by atoms with E-state index in [1.165, 1.54) is 17.4 Å². The number of carbonyl (C=O) groups excluding carboxylic acids is 1. The number of aromatic amines is 1. The molecular formula is C15H11ClN4O2S. The molecule has 0 aromatic carbocycles. The van der Waals surface area contributed by atoms with Crippen LogP contribution in [-0.4, -0.2) is 20.9 Å². The molecule has 0 spiro atoms. The summed E-state index contributed by atoms with van der Waals surface area (Å²) in [7, 11) is 0. The molecule has 0 saturated carbocycles. The second-order valence-electron chi connectivity index (χ2n) is 4.59. The highest BCUT2D eigenvalue weighted by Crippen LogP contribution is 2.29. The second kappa shape index (κ2) is 6.72. The Kier molecular flexibility index (Phi) is 4.50. The third-order valence-corrected chi connectivity index (χ3v) is 4.24. The first-order chi connectivity index (χ1) is 11.1. The first-order valence-corrected chi connectivity index (χ1v) is 7.86. The van der Waals surface area contributed by atoms with E-state index in [0.29, 0.717) is 10.0 Å². The van der Waals surface area contributed by atoms with E-state index in [4.69, 9.17) is 11.6 Å². The summed E-state index contributed by atoms with van der Waals surface area (Å²) in [4.78, 5) is 35.0. The van der Waals surface area contributed by atoms with Crippen LogP contribution in [0, 0.1) is 0 Å². The van der Waals surface area contributed by atoms with Crippen LogP contribution in [0.15, 0.2) is 47.4 Å². The lowest BCUT2D eigenvalue weighted by Crippen LogP contribution is -2.27. The number of halogens is 1. The molecule has 0 radical (unpaired) electrons. The zero-order valence-corrected chi connectivity index (χ0v) is 13.3. The fourth-order valence-corrected chi connectivity index (χ4v) is 2.94. The van der Waals surface area contributed by atoms with Crippen molar-refractivity contribution in [2.24, 2.45) is 0 Å². The number of amides is 1. The largest absolute Gasteiger partial charge is 0.346 e. The zero-order chi connectivity index (χ0) is 16.2. The number of thiophene rings is 1. The van der Waals surface area contributed by atoms with Crippen molar-refractivity contribution in [1.29, 1.82) is 0 Å². The van der Waals surface area contributed by atoms with Crippen LogP contribution in [0.25, 0.3) is 10.6 Å². The zero-order valence-electron chi connectivity index (χ0n) is 11.7. The molecule has 3 aromatic rings. The molecule has 0 aliphatic rings. The molecule has 116 valence electrons. The molecule has 8 heteroatoms. The Morgan fingerprint density at radius 1 is 1.30 bits per heavy atom. The van der Waals surface area contributed by atoms with Crippen molar-refractivity contribution >= 4 is 28.8 Å². The first-order valence-electron chi connectivity index (χ1n) is 6.67. The molecule has 0 atom stereocenters. The van der Waals surface area contributed by atoms with Crippen molar-refractivity contribution in [3.8, 4) is 10.6 Å². The number of aromatic nitrogens is 3. The Morgan fingerprint density at radius 3 is 2.87 bits per heavy atom. The monoisotopic (exact) mass is 346 g/mol. The number of nitrogens with one attached hydrogen (secondary N) is 2. The number of carbonyl (C=O) groups is 1. The lowest BCUT2D eigenvalue weighted by molar-refractivity contribution is 0.0945. The van der Waals surface area contributed by atoms with Crippen molar-refractivity contribution in [1.82, 2.24) is 20.3 Å². The van der Waals surface area contributed by atoms with Crippen LogP contribution < -0.4 is 11.0 Å². The molecule has 0 aliphatic heterocycles. The van der Waals surface area contributed by atoms with Gasteiger partial charge in [0.2, 0.25) is 0 Å². The predicted molar refractivity (Wildman–Crippen MR) is 88.6 cm³/mol. The first kappa shape index (κ1) is 15.4. The molecule has 1 amide bonds. The van der Waals surface area contributed by atoms with Gasteiger partial charge in [-0.05, 0) is 30.3 Å². The molecule has 0 unspecified atom stereocenters.